The summed E-state index contributed by atoms with van der Waals surface area (Å²) < 4.78 is 4.70. The largest absolute Gasteiger partial charge is 0.469 e. The fraction of sp³-hybridized carbons (Fsp3) is 0.857. The van der Waals surface area contributed by atoms with Crippen molar-refractivity contribution < 1.29 is 14.3 Å². The van der Waals surface area contributed by atoms with Gasteiger partial charge in [-0.2, -0.15) is 0 Å². The van der Waals surface area contributed by atoms with Gasteiger partial charge >= 0.3 is 12.0 Å². The van der Waals surface area contributed by atoms with Crippen molar-refractivity contribution in [1.29, 1.82) is 0 Å². The number of nitrogens with one attached hydrogen (secondary N) is 2. The summed E-state index contributed by atoms with van der Waals surface area (Å²) in [7, 11) is 1.36. The first-order valence-electron chi connectivity index (χ1n) is 6.99. The van der Waals surface area contributed by atoms with Crippen LogP contribution in [0, 0.1) is 11.3 Å². The number of ether oxygens (including phenoxy) is 1. The minimum atomic E-state index is -0.704. The molecule has 0 radical (unpaired) electrons. The topological polar surface area (TPSA) is 67.4 Å². The number of carbonyl (C=O) groups is 2. The van der Waals surface area contributed by atoms with Crippen molar-refractivity contribution in [3.05, 3.63) is 0 Å². The molecule has 2 unspecified atom stereocenters. The van der Waals surface area contributed by atoms with Crippen LogP contribution in [0.25, 0.3) is 0 Å². The number of hydrogen-bond donors (Lipinski definition) is 2. The molecule has 5 nitrogen and oxygen atoms in total. The van der Waals surface area contributed by atoms with Gasteiger partial charge in [0.05, 0.1) is 12.5 Å². The van der Waals surface area contributed by atoms with Crippen LogP contribution in [0.15, 0.2) is 0 Å². The third-order valence-electron chi connectivity index (χ3n) is 3.86. The number of esters is 1. The number of amides is 2. The maximum absolute atomic E-state index is 11.8. The van der Waals surface area contributed by atoms with Crippen LogP contribution in [0.4, 0.5) is 4.79 Å². The Morgan fingerprint density at radius 1 is 1.26 bits per heavy atom. The summed E-state index contributed by atoms with van der Waals surface area (Å²) in [5, 5.41) is 5.75. The zero-order valence-corrected chi connectivity index (χ0v) is 12.4. The van der Waals surface area contributed by atoms with Crippen molar-refractivity contribution >= 4 is 12.0 Å². The van der Waals surface area contributed by atoms with Gasteiger partial charge in [0.1, 0.15) is 0 Å². The van der Waals surface area contributed by atoms with Crippen LogP contribution in [-0.4, -0.2) is 31.7 Å². The molecule has 2 atom stereocenters. The molecular formula is C14H26N2O3. The van der Waals surface area contributed by atoms with Gasteiger partial charge in [-0.1, -0.05) is 19.8 Å². The lowest BCUT2D eigenvalue weighted by atomic mass is 9.86. The highest BCUT2D eigenvalue weighted by atomic mass is 16.5. The van der Waals surface area contributed by atoms with Gasteiger partial charge in [0.25, 0.3) is 0 Å². The first-order valence-corrected chi connectivity index (χ1v) is 6.99. The summed E-state index contributed by atoms with van der Waals surface area (Å²) in [5.41, 5.74) is -0.704. The van der Waals surface area contributed by atoms with Gasteiger partial charge in [-0.3, -0.25) is 4.79 Å². The molecule has 0 aromatic carbocycles. The summed E-state index contributed by atoms with van der Waals surface area (Å²) in [6, 6.07) is 0.0470. The highest BCUT2D eigenvalue weighted by molar-refractivity contribution is 5.78. The summed E-state index contributed by atoms with van der Waals surface area (Å²) in [5.74, 6) is 0.201. The van der Waals surface area contributed by atoms with E-state index >= 15 is 0 Å². The molecule has 1 saturated carbocycles. The molecule has 110 valence electrons. The van der Waals surface area contributed by atoms with E-state index in [9.17, 15) is 9.59 Å². The number of carbonyl (C=O) groups excluding carboxylic acids is 2. The molecule has 0 bridgehead atoms. The van der Waals surface area contributed by atoms with Crippen molar-refractivity contribution in [1.82, 2.24) is 10.6 Å². The lowest BCUT2D eigenvalue weighted by Crippen LogP contribution is -2.49. The highest BCUT2D eigenvalue weighted by Gasteiger charge is 2.30. The van der Waals surface area contributed by atoms with Crippen LogP contribution >= 0.6 is 0 Å². The molecule has 1 aliphatic carbocycles. The van der Waals surface area contributed by atoms with Crippen LogP contribution in [0.3, 0.4) is 0 Å². The van der Waals surface area contributed by atoms with Crippen molar-refractivity contribution in [3.8, 4) is 0 Å². The Kier molecular flexibility index (Phi) is 5.63. The number of rotatable bonds is 4. The summed E-state index contributed by atoms with van der Waals surface area (Å²) in [6.07, 6.45) is 4.62. The van der Waals surface area contributed by atoms with Gasteiger partial charge in [-0.25, -0.2) is 4.79 Å². The molecular weight excluding hydrogens is 244 g/mol. The molecule has 0 aliphatic heterocycles. The SMILES string of the molecule is COC(=O)C(C)(C)CNC(=O)NC1CCCCC1C. The van der Waals surface area contributed by atoms with Crippen LogP contribution in [0.1, 0.15) is 46.5 Å². The second kappa shape index (κ2) is 6.78. The van der Waals surface area contributed by atoms with Crippen LogP contribution in [0.2, 0.25) is 0 Å². The molecule has 19 heavy (non-hydrogen) atoms. The molecule has 1 aliphatic rings. The number of urea groups is 1. The summed E-state index contributed by atoms with van der Waals surface area (Å²) in [6.45, 7) is 5.94. The number of methoxy groups -OCH3 is 1. The van der Waals surface area contributed by atoms with Gasteiger partial charge in [0, 0.05) is 12.6 Å². The predicted octanol–water partition coefficient (Wildman–Crippen LogP) is 2.06. The van der Waals surface area contributed by atoms with E-state index in [0.29, 0.717) is 5.92 Å². The molecule has 2 amide bonds. The fourth-order valence-electron chi connectivity index (χ4n) is 2.40. The Bertz CT molecular complexity index is 329. The predicted molar refractivity (Wildman–Crippen MR) is 73.8 cm³/mol. The third kappa shape index (κ3) is 4.73. The average Bonchev–Trinajstić information content (AvgIpc) is 2.38. The maximum Gasteiger partial charge on any atom is 0.315 e. The Labute approximate surface area is 115 Å². The fourth-order valence-corrected chi connectivity index (χ4v) is 2.40. The third-order valence-corrected chi connectivity index (χ3v) is 3.86. The molecule has 1 rings (SSSR count). The molecule has 0 heterocycles. The smallest absolute Gasteiger partial charge is 0.315 e. The van der Waals surface area contributed by atoms with E-state index in [1.54, 1.807) is 13.8 Å². The summed E-state index contributed by atoms with van der Waals surface area (Å²) >= 11 is 0. The molecule has 0 aromatic rings. The average molecular weight is 270 g/mol. The lowest BCUT2D eigenvalue weighted by molar-refractivity contribution is -0.150. The van der Waals surface area contributed by atoms with Gasteiger partial charge < -0.3 is 15.4 Å². The monoisotopic (exact) mass is 270 g/mol. The van der Waals surface area contributed by atoms with Gasteiger partial charge in [0.2, 0.25) is 0 Å². The second-order valence-corrected chi connectivity index (χ2v) is 6.07. The first-order chi connectivity index (χ1) is 8.86. The van der Waals surface area contributed by atoms with Crippen LogP contribution in [0.5, 0.6) is 0 Å². The first kappa shape index (κ1) is 15.8. The molecule has 5 heteroatoms. The molecule has 1 fully saturated rings. The van der Waals surface area contributed by atoms with Crippen molar-refractivity contribution in [3.63, 3.8) is 0 Å². The van der Waals surface area contributed by atoms with Gasteiger partial charge in [-0.05, 0) is 32.6 Å². The minimum absolute atomic E-state index is 0.198. The molecule has 0 spiro atoms. The van der Waals surface area contributed by atoms with E-state index in [1.807, 2.05) is 0 Å². The minimum Gasteiger partial charge on any atom is -0.469 e. The van der Waals surface area contributed by atoms with E-state index < -0.39 is 5.41 Å². The Morgan fingerprint density at radius 3 is 2.47 bits per heavy atom. The van der Waals surface area contributed by atoms with E-state index in [1.165, 1.54) is 26.4 Å². The Balaban J connectivity index is 2.37. The standard InChI is InChI=1S/C14H26N2O3/c1-10-7-5-6-8-11(10)16-13(18)15-9-14(2,3)12(17)19-4/h10-11H,5-9H2,1-4H3,(H2,15,16,18). The lowest BCUT2D eigenvalue weighted by Gasteiger charge is -2.30. The van der Waals surface area contributed by atoms with Crippen molar-refractivity contribution in [2.45, 2.75) is 52.5 Å². The number of hydrogen-bond acceptors (Lipinski definition) is 3. The summed E-state index contributed by atoms with van der Waals surface area (Å²) in [4.78, 5) is 23.3. The van der Waals surface area contributed by atoms with Gasteiger partial charge in [-0.15, -0.1) is 0 Å². The quantitative estimate of drug-likeness (QED) is 0.768. The van der Waals surface area contributed by atoms with E-state index in [2.05, 4.69) is 17.6 Å². The van der Waals surface area contributed by atoms with Crippen molar-refractivity contribution in [2.24, 2.45) is 11.3 Å². The maximum atomic E-state index is 11.8. The van der Waals surface area contributed by atoms with Crippen molar-refractivity contribution in [2.75, 3.05) is 13.7 Å². The zero-order valence-electron chi connectivity index (χ0n) is 12.4. The Morgan fingerprint density at radius 2 is 1.89 bits per heavy atom. The van der Waals surface area contributed by atoms with Crippen LogP contribution in [-0.2, 0) is 9.53 Å². The van der Waals surface area contributed by atoms with E-state index in [0.717, 1.165) is 6.42 Å². The molecule has 0 aromatic heterocycles. The highest BCUT2D eigenvalue weighted by Crippen LogP contribution is 2.23. The Hall–Kier alpha value is -1.26. The molecule has 0 saturated heterocycles. The van der Waals surface area contributed by atoms with E-state index in [4.69, 9.17) is 4.74 Å². The molecule has 2 N–H and O–H groups in total. The van der Waals surface area contributed by atoms with Crippen LogP contribution < -0.4 is 10.6 Å². The van der Waals surface area contributed by atoms with Gasteiger partial charge in [0.15, 0.2) is 0 Å². The van der Waals surface area contributed by atoms with E-state index in [-0.39, 0.29) is 24.6 Å². The normalized spacial score (nSPS) is 23.6. The second-order valence-electron chi connectivity index (χ2n) is 6.07. The zero-order chi connectivity index (χ0) is 14.5.